The number of carbonyl (C=O) groups is 1. The summed E-state index contributed by atoms with van der Waals surface area (Å²) in [6, 6.07) is 3.43. The fourth-order valence-electron chi connectivity index (χ4n) is 3.20. The van der Waals surface area contributed by atoms with Crippen LogP contribution >= 0.6 is 0 Å². The maximum absolute atomic E-state index is 12.8. The van der Waals surface area contributed by atoms with Gasteiger partial charge in [0, 0.05) is 32.5 Å². The molecule has 0 aromatic carbocycles. The minimum Gasteiger partial charge on any atom is -0.464 e. The summed E-state index contributed by atoms with van der Waals surface area (Å²) in [6.07, 6.45) is 5.74. The van der Waals surface area contributed by atoms with E-state index in [1.165, 1.54) is 0 Å². The topological polar surface area (TPSA) is 72.5 Å². The van der Waals surface area contributed by atoms with Crippen molar-refractivity contribution in [2.75, 3.05) is 20.3 Å². The zero-order valence-electron chi connectivity index (χ0n) is 14.4. The highest BCUT2D eigenvalue weighted by molar-refractivity contribution is 5.75. The van der Waals surface area contributed by atoms with Crippen LogP contribution < -0.4 is 5.32 Å². The quantitative estimate of drug-likeness (QED) is 0.913. The summed E-state index contributed by atoms with van der Waals surface area (Å²) in [7, 11) is 3.50. The smallest absolute Gasteiger partial charge is 0.318 e. The molecule has 130 valence electrons. The number of methoxy groups -OCH3 is 1. The highest BCUT2D eigenvalue weighted by Gasteiger charge is 2.32. The van der Waals surface area contributed by atoms with Gasteiger partial charge in [-0.05, 0) is 31.9 Å². The molecular formula is C17H24N4O3. The second-order valence-corrected chi connectivity index (χ2v) is 6.20. The molecule has 1 fully saturated rings. The van der Waals surface area contributed by atoms with E-state index < -0.39 is 0 Å². The Kier molecular flexibility index (Phi) is 4.89. The number of ether oxygens (including phenoxy) is 1. The Morgan fingerprint density at radius 3 is 3.00 bits per heavy atom. The Labute approximate surface area is 141 Å². The van der Waals surface area contributed by atoms with Crippen LogP contribution in [0.2, 0.25) is 0 Å². The van der Waals surface area contributed by atoms with Gasteiger partial charge in [0.2, 0.25) is 0 Å². The molecule has 7 heteroatoms. The first kappa shape index (κ1) is 16.6. The van der Waals surface area contributed by atoms with E-state index in [4.69, 9.17) is 9.15 Å². The number of urea groups is 1. The first-order valence-corrected chi connectivity index (χ1v) is 8.19. The Morgan fingerprint density at radius 2 is 2.38 bits per heavy atom. The van der Waals surface area contributed by atoms with E-state index in [0.29, 0.717) is 12.4 Å². The molecule has 2 amide bonds. The van der Waals surface area contributed by atoms with Gasteiger partial charge in [0.25, 0.3) is 0 Å². The van der Waals surface area contributed by atoms with Crippen molar-refractivity contribution < 1.29 is 13.9 Å². The number of rotatable bonds is 5. The Hall–Kier alpha value is -2.28. The zero-order chi connectivity index (χ0) is 17.1. The van der Waals surface area contributed by atoms with Crippen LogP contribution in [0.1, 0.15) is 42.0 Å². The number of aromatic nitrogens is 2. The molecule has 0 aliphatic carbocycles. The average Bonchev–Trinajstić information content (AvgIpc) is 3.26. The molecule has 0 saturated carbocycles. The van der Waals surface area contributed by atoms with Gasteiger partial charge in [0.1, 0.15) is 17.6 Å². The number of amides is 2. The molecule has 1 saturated heterocycles. The first-order chi connectivity index (χ1) is 11.6. The molecule has 2 atom stereocenters. The van der Waals surface area contributed by atoms with Crippen LogP contribution in [0.4, 0.5) is 4.79 Å². The summed E-state index contributed by atoms with van der Waals surface area (Å²) in [4.78, 5) is 14.7. The van der Waals surface area contributed by atoms with Crippen LogP contribution in [0.15, 0.2) is 28.9 Å². The average molecular weight is 332 g/mol. The second kappa shape index (κ2) is 7.09. The zero-order valence-corrected chi connectivity index (χ0v) is 14.4. The van der Waals surface area contributed by atoms with Gasteiger partial charge in [-0.1, -0.05) is 0 Å². The Morgan fingerprint density at radius 1 is 1.54 bits per heavy atom. The third kappa shape index (κ3) is 3.46. The summed E-state index contributed by atoms with van der Waals surface area (Å²) in [5.41, 5.74) is 1.07. The monoisotopic (exact) mass is 332 g/mol. The minimum atomic E-state index is -0.300. The fraction of sp³-hybridized carbons (Fsp3) is 0.529. The molecule has 7 nitrogen and oxygen atoms in total. The summed E-state index contributed by atoms with van der Waals surface area (Å²) >= 11 is 0. The maximum atomic E-state index is 12.8. The van der Waals surface area contributed by atoms with Gasteiger partial charge in [0.05, 0.1) is 18.8 Å². The predicted molar refractivity (Wildman–Crippen MR) is 88.5 cm³/mol. The molecule has 24 heavy (non-hydrogen) atoms. The highest BCUT2D eigenvalue weighted by atomic mass is 16.5. The van der Waals surface area contributed by atoms with Crippen molar-refractivity contribution in [1.82, 2.24) is 20.0 Å². The van der Waals surface area contributed by atoms with Crippen molar-refractivity contribution >= 4 is 6.03 Å². The van der Waals surface area contributed by atoms with Gasteiger partial charge in [-0.25, -0.2) is 4.79 Å². The van der Waals surface area contributed by atoms with Crippen LogP contribution in [-0.2, 0) is 11.8 Å². The lowest BCUT2D eigenvalue weighted by molar-refractivity contribution is 0.145. The van der Waals surface area contributed by atoms with Crippen LogP contribution in [0.25, 0.3) is 0 Å². The maximum Gasteiger partial charge on any atom is 0.318 e. The molecule has 1 aliphatic heterocycles. The van der Waals surface area contributed by atoms with Gasteiger partial charge < -0.3 is 19.4 Å². The summed E-state index contributed by atoms with van der Waals surface area (Å²) in [5, 5.41) is 7.26. The highest BCUT2D eigenvalue weighted by Crippen LogP contribution is 2.32. The predicted octanol–water partition coefficient (Wildman–Crippen LogP) is 2.56. The van der Waals surface area contributed by atoms with Crippen molar-refractivity contribution in [3.63, 3.8) is 0 Å². The lowest BCUT2D eigenvalue weighted by atomic mass is 10.1. The summed E-state index contributed by atoms with van der Waals surface area (Å²) < 4.78 is 12.7. The van der Waals surface area contributed by atoms with E-state index in [9.17, 15) is 4.79 Å². The largest absolute Gasteiger partial charge is 0.464 e. The third-order valence-electron chi connectivity index (χ3n) is 4.36. The first-order valence-electron chi connectivity index (χ1n) is 8.19. The van der Waals surface area contributed by atoms with Gasteiger partial charge in [0.15, 0.2) is 0 Å². The molecule has 0 bridgehead atoms. The van der Waals surface area contributed by atoms with E-state index in [2.05, 4.69) is 10.4 Å². The molecule has 3 rings (SSSR count). The van der Waals surface area contributed by atoms with Crippen molar-refractivity contribution in [2.45, 2.75) is 31.8 Å². The van der Waals surface area contributed by atoms with Crippen molar-refractivity contribution in [3.8, 4) is 0 Å². The van der Waals surface area contributed by atoms with Gasteiger partial charge >= 0.3 is 6.03 Å². The molecular weight excluding hydrogens is 308 g/mol. The number of furan rings is 1. The summed E-state index contributed by atoms with van der Waals surface area (Å²) in [5.74, 6) is 1.52. The standard InChI is InChI=1S/C17H24N4O3/c1-12-6-7-16(24-12)14(11-23-3)19-17(22)21-8-4-5-15(21)13-9-18-20(2)10-13/h6-7,9-10,14-15H,4-5,8,11H2,1-3H3,(H,19,22). The van der Waals surface area contributed by atoms with Gasteiger partial charge in [-0.15, -0.1) is 0 Å². The molecule has 0 radical (unpaired) electrons. The van der Waals surface area contributed by atoms with Crippen molar-refractivity contribution in [3.05, 3.63) is 41.6 Å². The number of nitrogens with zero attached hydrogens (tertiary/aromatic N) is 3. The van der Waals surface area contributed by atoms with Crippen LogP contribution in [-0.4, -0.2) is 41.0 Å². The number of hydrogen-bond donors (Lipinski definition) is 1. The molecule has 1 aliphatic rings. The number of nitrogens with one attached hydrogen (secondary N) is 1. The molecule has 2 unspecified atom stereocenters. The minimum absolute atomic E-state index is 0.0697. The van der Waals surface area contributed by atoms with E-state index in [1.807, 2.05) is 43.4 Å². The third-order valence-corrected chi connectivity index (χ3v) is 4.36. The second-order valence-electron chi connectivity index (χ2n) is 6.20. The van der Waals surface area contributed by atoms with Crippen molar-refractivity contribution in [2.24, 2.45) is 7.05 Å². The SMILES string of the molecule is COCC(NC(=O)N1CCCC1c1cnn(C)c1)c1ccc(C)o1. The van der Waals surface area contributed by atoms with Crippen LogP contribution in [0, 0.1) is 6.92 Å². The van der Waals surface area contributed by atoms with Gasteiger partial charge in [-0.2, -0.15) is 5.10 Å². The lowest BCUT2D eigenvalue weighted by Gasteiger charge is -2.26. The molecule has 2 aromatic rings. The molecule has 2 aromatic heterocycles. The number of aryl methyl sites for hydroxylation is 2. The Balaban J connectivity index is 1.72. The summed E-state index contributed by atoms with van der Waals surface area (Å²) in [6.45, 7) is 2.99. The van der Waals surface area contributed by atoms with Crippen LogP contribution in [0.5, 0.6) is 0 Å². The fourth-order valence-corrected chi connectivity index (χ4v) is 3.20. The van der Waals surface area contributed by atoms with E-state index in [1.54, 1.807) is 11.8 Å². The molecule has 3 heterocycles. The Bertz CT molecular complexity index is 694. The molecule has 1 N–H and O–H groups in total. The van der Waals surface area contributed by atoms with Crippen LogP contribution in [0.3, 0.4) is 0 Å². The van der Waals surface area contributed by atoms with E-state index >= 15 is 0 Å². The van der Waals surface area contributed by atoms with Gasteiger partial charge in [-0.3, -0.25) is 4.68 Å². The van der Waals surface area contributed by atoms with Crippen molar-refractivity contribution in [1.29, 1.82) is 0 Å². The number of likely N-dealkylation sites (tertiary alicyclic amines) is 1. The number of hydrogen-bond acceptors (Lipinski definition) is 4. The lowest BCUT2D eigenvalue weighted by Crippen LogP contribution is -2.42. The molecule has 0 spiro atoms. The normalized spacial score (nSPS) is 18.8. The number of carbonyl (C=O) groups excluding carboxylic acids is 1. The van der Waals surface area contributed by atoms with E-state index in [-0.39, 0.29) is 18.1 Å². The van der Waals surface area contributed by atoms with E-state index in [0.717, 1.165) is 30.7 Å².